The molecule has 0 radical (unpaired) electrons. The van der Waals surface area contributed by atoms with E-state index in [9.17, 15) is 4.79 Å². The summed E-state index contributed by atoms with van der Waals surface area (Å²) in [5.74, 6) is 2.01. The van der Waals surface area contributed by atoms with Gasteiger partial charge in [-0.15, -0.1) is 0 Å². The predicted molar refractivity (Wildman–Crippen MR) is 105 cm³/mol. The van der Waals surface area contributed by atoms with E-state index in [-0.39, 0.29) is 18.1 Å². The fourth-order valence-electron chi connectivity index (χ4n) is 4.52. The van der Waals surface area contributed by atoms with Gasteiger partial charge in [-0.3, -0.25) is 4.79 Å². The second-order valence-corrected chi connectivity index (χ2v) is 7.49. The van der Waals surface area contributed by atoms with Crippen LogP contribution in [0.3, 0.4) is 0 Å². The summed E-state index contributed by atoms with van der Waals surface area (Å²) in [6, 6.07) is 11.9. The van der Waals surface area contributed by atoms with Crippen molar-refractivity contribution in [2.24, 2.45) is 0 Å². The molecule has 0 spiro atoms. The standard InChI is InChI=1S/C22H24N2O4/c1-26-18-12-14(13-19-20(18)28-11-10-27-19)21-23-17-9-5-4-8-16(17)22(25)24(21)15-6-2-3-7-15/h4-5,8-9,12-13,15,21,23H,2-3,6-7,10-11H2,1H3. The first kappa shape index (κ1) is 17.2. The second kappa shape index (κ2) is 6.93. The van der Waals surface area contributed by atoms with Crippen molar-refractivity contribution < 1.29 is 19.0 Å². The summed E-state index contributed by atoms with van der Waals surface area (Å²) >= 11 is 0. The van der Waals surface area contributed by atoms with E-state index in [2.05, 4.69) is 5.32 Å². The van der Waals surface area contributed by atoms with Crippen LogP contribution in [0.5, 0.6) is 17.2 Å². The Morgan fingerprint density at radius 2 is 1.89 bits per heavy atom. The Bertz CT molecular complexity index is 890. The molecule has 146 valence electrons. The largest absolute Gasteiger partial charge is 0.493 e. The van der Waals surface area contributed by atoms with Gasteiger partial charge in [0.15, 0.2) is 11.5 Å². The van der Waals surface area contributed by atoms with E-state index < -0.39 is 0 Å². The van der Waals surface area contributed by atoms with E-state index in [0.29, 0.717) is 30.5 Å². The van der Waals surface area contributed by atoms with Crippen LogP contribution < -0.4 is 19.5 Å². The number of hydrogen-bond donors (Lipinski definition) is 1. The first-order valence-corrected chi connectivity index (χ1v) is 9.92. The first-order chi connectivity index (χ1) is 13.8. The minimum absolute atomic E-state index is 0.0834. The molecular weight excluding hydrogens is 356 g/mol. The van der Waals surface area contributed by atoms with Gasteiger partial charge in [0.1, 0.15) is 19.4 Å². The number of nitrogens with zero attached hydrogens (tertiary/aromatic N) is 1. The molecule has 1 amide bonds. The van der Waals surface area contributed by atoms with Gasteiger partial charge in [0.2, 0.25) is 5.75 Å². The highest BCUT2D eigenvalue weighted by Gasteiger charge is 2.39. The molecular formula is C22H24N2O4. The topological polar surface area (TPSA) is 60.0 Å². The van der Waals surface area contributed by atoms with Crippen LogP contribution in [-0.2, 0) is 0 Å². The molecule has 28 heavy (non-hydrogen) atoms. The van der Waals surface area contributed by atoms with Gasteiger partial charge >= 0.3 is 0 Å². The number of carbonyl (C=O) groups excluding carboxylic acids is 1. The van der Waals surface area contributed by atoms with Gasteiger partial charge < -0.3 is 24.4 Å². The number of methoxy groups -OCH3 is 1. The molecule has 1 aliphatic carbocycles. The van der Waals surface area contributed by atoms with Crippen molar-refractivity contribution in [2.75, 3.05) is 25.6 Å². The fraction of sp³-hybridized carbons (Fsp3) is 0.409. The number of nitrogens with one attached hydrogen (secondary N) is 1. The van der Waals surface area contributed by atoms with Crippen molar-refractivity contribution in [3.8, 4) is 17.2 Å². The number of ether oxygens (including phenoxy) is 3. The molecule has 1 saturated carbocycles. The number of para-hydroxylation sites is 1. The Morgan fingerprint density at radius 1 is 1.11 bits per heavy atom. The second-order valence-electron chi connectivity index (χ2n) is 7.49. The van der Waals surface area contributed by atoms with Gasteiger partial charge in [0.25, 0.3) is 5.91 Å². The van der Waals surface area contributed by atoms with E-state index in [1.165, 1.54) is 0 Å². The molecule has 2 aromatic rings. The van der Waals surface area contributed by atoms with E-state index in [1.54, 1.807) is 7.11 Å². The van der Waals surface area contributed by atoms with Crippen molar-refractivity contribution in [1.82, 2.24) is 4.90 Å². The third-order valence-corrected chi connectivity index (χ3v) is 5.85. The molecule has 6 nitrogen and oxygen atoms in total. The Kier molecular flexibility index (Phi) is 4.26. The average Bonchev–Trinajstić information content (AvgIpc) is 3.27. The quantitative estimate of drug-likeness (QED) is 0.873. The summed E-state index contributed by atoms with van der Waals surface area (Å²) in [6.07, 6.45) is 4.12. The molecule has 0 bridgehead atoms. The molecule has 3 aliphatic rings. The lowest BCUT2D eigenvalue weighted by Crippen LogP contribution is -2.47. The van der Waals surface area contributed by atoms with Crippen LogP contribution in [0.4, 0.5) is 5.69 Å². The van der Waals surface area contributed by atoms with Crippen LogP contribution in [0, 0.1) is 0 Å². The molecule has 1 fully saturated rings. The summed E-state index contributed by atoms with van der Waals surface area (Å²) in [5, 5.41) is 3.58. The van der Waals surface area contributed by atoms with E-state index >= 15 is 0 Å². The zero-order valence-corrected chi connectivity index (χ0v) is 15.9. The van der Waals surface area contributed by atoms with Gasteiger partial charge in [-0.1, -0.05) is 25.0 Å². The maximum Gasteiger partial charge on any atom is 0.258 e. The molecule has 0 saturated heterocycles. The molecule has 2 aliphatic heterocycles. The van der Waals surface area contributed by atoms with E-state index in [4.69, 9.17) is 14.2 Å². The zero-order valence-electron chi connectivity index (χ0n) is 15.9. The summed E-state index contributed by atoms with van der Waals surface area (Å²) in [6.45, 7) is 1.01. The van der Waals surface area contributed by atoms with Gasteiger partial charge in [-0.25, -0.2) is 0 Å². The monoisotopic (exact) mass is 380 g/mol. The third-order valence-electron chi connectivity index (χ3n) is 5.85. The summed E-state index contributed by atoms with van der Waals surface area (Å²) in [5.41, 5.74) is 2.53. The normalized spacial score (nSPS) is 21.2. The zero-order chi connectivity index (χ0) is 19.1. The molecule has 2 heterocycles. The van der Waals surface area contributed by atoms with Crippen molar-refractivity contribution >= 4 is 11.6 Å². The van der Waals surface area contributed by atoms with Crippen molar-refractivity contribution in [2.45, 2.75) is 37.9 Å². The highest BCUT2D eigenvalue weighted by molar-refractivity contribution is 6.02. The van der Waals surface area contributed by atoms with Crippen molar-refractivity contribution in [3.63, 3.8) is 0 Å². The SMILES string of the molecule is COc1cc(C2Nc3ccccc3C(=O)N2C2CCCC2)cc2c1OCCO2. The number of carbonyl (C=O) groups is 1. The molecule has 1 unspecified atom stereocenters. The third kappa shape index (κ3) is 2.75. The minimum atomic E-state index is -0.268. The molecule has 1 N–H and O–H groups in total. The highest BCUT2D eigenvalue weighted by atomic mass is 16.6. The number of rotatable bonds is 3. The molecule has 0 aromatic heterocycles. The van der Waals surface area contributed by atoms with Crippen LogP contribution in [0.15, 0.2) is 36.4 Å². The average molecular weight is 380 g/mol. The Labute approximate surface area is 164 Å². The lowest BCUT2D eigenvalue weighted by atomic mass is 10.00. The predicted octanol–water partition coefficient (Wildman–Crippen LogP) is 3.98. The fourth-order valence-corrected chi connectivity index (χ4v) is 4.52. The molecule has 6 heteroatoms. The maximum atomic E-state index is 13.4. The van der Waals surface area contributed by atoms with Crippen LogP contribution in [0.1, 0.15) is 47.8 Å². The summed E-state index contributed by atoms with van der Waals surface area (Å²) in [7, 11) is 1.63. The summed E-state index contributed by atoms with van der Waals surface area (Å²) < 4.78 is 17.1. The number of benzene rings is 2. The molecule has 1 atom stereocenters. The Balaban J connectivity index is 1.61. The van der Waals surface area contributed by atoms with E-state index in [1.807, 2.05) is 41.3 Å². The van der Waals surface area contributed by atoms with Crippen LogP contribution >= 0.6 is 0 Å². The van der Waals surface area contributed by atoms with Gasteiger partial charge in [0.05, 0.1) is 12.7 Å². The van der Waals surface area contributed by atoms with Crippen molar-refractivity contribution in [1.29, 1.82) is 0 Å². The lowest BCUT2D eigenvalue weighted by molar-refractivity contribution is 0.0583. The molecule has 5 rings (SSSR count). The van der Waals surface area contributed by atoms with Crippen LogP contribution in [0.2, 0.25) is 0 Å². The first-order valence-electron chi connectivity index (χ1n) is 9.92. The summed E-state index contributed by atoms with van der Waals surface area (Å²) in [4.78, 5) is 15.4. The Morgan fingerprint density at radius 3 is 2.71 bits per heavy atom. The lowest BCUT2D eigenvalue weighted by Gasteiger charge is -2.42. The highest BCUT2D eigenvalue weighted by Crippen LogP contribution is 2.45. The number of fused-ring (bicyclic) bond motifs is 2. The number of amides is 1. The maximum absolute atomic E-state index is 13.4. The number of hydrogen-bond acceptors (Lipinski definition) is 5. The van der Waals surface area contributed by atoms with E-state index in [0.717, 1.165) is 42.5 Å². The Hall–Kier alpha value is -2.89. The molecule has 2 aromatic carbocycles. The van der Waals surface area contributed by atoms with Gasteiger partial charge in [-0.05, 0) is 37.1 Å². The number of anilines is 1. The van der Waals surface area contributed by atoms with Crippen LogP contribution in [0.25, 0.3) is 0 Å². The van der Waals surface area contributed by atoms with Gasteiger partial charge in [-0.2, -0.15) is 0 Å². The smallest absolute Gasteiger partial charge is 0.258 e. The van der Waals surface area contributed by atoms with Gasteiger partial charge in [0, 0.05) is 17.3 Å². The van der Waals surface area contributed by atoms with Crippen LogP contribution in [-0.4, -0.2) is 37.2 Å². The minimum Gasteiger partial charge on any atom is -0.493 e. The van der Waals surface area contributed by atoms with Crippen molar-refractivity contribution in [3.05, 3.63) is 47.5 Å².